The van der Waals surface area contributed by atoms with Crippen molar-refractivity contribution < 1.29 is 17.5 Å². The molecule has 0 bridgehead atoms. The van der Waals surface area contributed by atoms with Crippen LogP contribution < -0.4 is 0 Å². The summed E-state index contributed by atoms with van der Waals surface area (Å²) in [5.74, 6) is -0.451. The second kappa shape index (κ2) is 8.17. The molecule has 0 aliphatic heterocycles. The first-order valence-electron chi connectivity index (χ1n) is 7.32. The summed E-state index contributed by atoms with van der Waals surface area (Å²) in [5, 5.41) is 3.53. The lowest BCUT2D eigenvalue weighted by Gasteiger charge is -2.11. The van der Waals surface area contributed by atoms with Crippen molar-refractivity contribution in [3.05, 3.63) is 60.2 Å². The zero-order valence-electron chi connectivity index (χ0n) is 14.0. The highest BCUT2D eigenvalue weighted by molar-refractivity contribution is 8.15. The molecule has 2 rings (SSSR count). The molecule has 0 aliphatic rings. The molecule has 0 aromatic heterocycles. The third-order valence-corrected chi connectivity index (χ3v) is 5.15. The van der Waals surface area contributed by atoms with Crippen LogP contribution in [0.15, 0.2) is 69.5 Å². The Morgan fingerprint density at radius 3 is 2.20 bits per heavy atom. The number of rotatable bonds is 4. The summed E-state index contributed by atoms with van der Waals surface area (Å²) in [6, 6.07) is 15.2. The van der Waals surface area contributed by atoms with Gasteiger partial charge in [0.05, 0.1) is 0 Å². The Kier molecular flexibility index (Phi) is 6.22. The number of hydrogen-bond acceptors (Lipinski definition) is 6. The number of nitrogens with zero attached hydrogens (tertiary/aromatic N) is 2. The van der Waals surface area contributed by atoms with Crippen LogP contribution in [0.5, 0.6) is 0 Å². The Balaban J connectivity index is 2.27. The summed E-state index contributed by atoms with van der Waals surface area (Å²) >= 11 is 1.03. The molecule has 0 N–H and O–H groups in total. The van der Waals surface area contributed by atoms with E-state index in [0.717, 1.165) is 22.2 Å². The molecular weight excluding hydrogens is 360 g/mol. The first kappa shape index (κ1) is 19.0. The predicted molar refractivity (Wildman–Crippen MR) is 97.9 cm³/mol. The molecule has 0 radical (unpaired) electrons. The molecule has 0 spiro atoms. The lowest BCUT2D eigenvalue weighted by atomic mass is 10.2. The summed E-state index contributed by atoms with van der Waals surface area (Å²) in [4.78, 5) is 14.3. The monoisotopic (exact) mass is 378 g/mol. The van der Waals surface area contributed by atoms with E-state index in [9.17, 15) is 13.2 Å². The Labute approximate surface area is 151 Å². The van der Waals surface area contributed by atoms with Gasteiger partial charge in [0.2, 0.25) is 5.04 Å². The maximum absolute atomic E-state index is 12.2. The van der Waals surface area contributed by atoms with Crippen LogP contribution in [0.2, 0.25) is 0 Å². The first-order chi connectivity index (χ1) is 11.8. The fraction of sp³-hybridized carbons (Fsp3) is 0.176. The van der Waals surface area contributed by atoms with Crippen LogP contribution in [0.3, 0.4) is 0 Å². The van der Waals surface area contributed by atoms with E-state index in [1.807, 2.05) is 25.1 Å². The molecule has 0 saturated heterocycles. The van der Waals surface area contributed by atoms with Crippen LogP contribution >= 0.6 is 11.8 Å². The molecule has 0 atom stereocenters. The molecule has 6 nitrogen and oxygen atoms in total. The topological polar surface area (TPSA) is 76.0 Å². The zero-order chi connectivity index (χ0) is 18.4. The second-order valence-corrected chi connectivity index (χ2v) is 7.94. The first-order valence-corrected chi connectivity index (χ1v) is 9.55. The molecule has 1 amide bonds. The van der Waals surface area contributed by atoms with Crippen molar-refractivity contribution in [2.24, 2.45) is 5.16 Å². The van der Waals surface area contributed by atoms with Gasteiger partial charge in [0, 0.05) is 19.0 Å². The minimum absolute atomic E-state index is 0.0248. The fourth-order valence-electron chi connectivity index (χ4n) is 1.72. The van der Waals surface area contributed by atoms with Crippen molar-refractivity contribution in [2.75, 3.05) is 14.1 Å². The van der Waals surface area contributed by atoms with Gasteiger partial charge in [0.15, 0.2) is 0 Å². The van der Waals surface area contributed by atoms with Crippen molar-refractivity contribution in [2.45, 2.75) is 16.7 Å². The van der Waals surface area contributed by atoms with Gasteiger partial charge in [-0.25, -0.2) is 0 Å². The van der Waals surface area contributed by atoms with Crippen molar-refractivity contribution in [3.63, 3.8) is 0 Å². The minimum Gasteiger partial charge on any atom is -0.343 e. The normalized spacial score (nSPS) is 11.9. The number of benzene rings is 2. The Morgan fingerprint density at radius 1 is 1.04 bits per heavy atom. The average Bonchev–Trinajstić information content (AvgIpc) is 2.59. The summed E-state index contributed by atoms with van der Waals surface area (Å²) in [6.07, 6.45) is 0. The van der Waals surface area contributed by atoms with E-state index in [4.69, 9.17) is 4.28 Å². The number of amides is 1. The van der Waals surface area contributed by atoms with Gasteiger partial charge in [-0.05, 0) is 31.2 Å². The van der Waals surface area contributed by atoms with Crippen molar-refractivity contribution >= 4 is 32.8 Å². The molecule has 8 heteroatoms. The van der Waals surface area contributed by atoms with Gasteiger partial charge in [-0.1, -0.05) is 52.8 Å². The largest absolute Gasteiger partial charge is 0.358 e. The highest BCUT2D eigenvalue weighted by atomic mass is 32.2. The molecule has 2 aromatic carbocycles. The van der Waals surface area contributed by atoms with E-state index in [-0.39, 0.29) is 9.94 Å². The van der Waals surface area contributed by atoms with Gasteiger partial charge in [0.25, 0.3) is 5.91 Å². The second-order valence-electron chi connectivity index (χ2n) is 5.35. The molecule has 0 saturated carbocycles. The van der Waals surface area contributed by atoms with Gasteiger partial charge in [-0.3, -0.25) is 9.08 Å². The van der Waals surface area contributed by atoms with Crippen molar-refractivity contribution in [3.8, 4) is 0 Å². The standard InChI is InChI=1S/C17H18N2O4S2/c1-13-9-11-15(12-10-13)25(21,22)23-18-16(17(20)19(2)3)24-14-7-5-4-6-8-14/h4-12H,1-3H3/b18-16-. The molecule has 132 valence electrons. The number of carbonyl (C=O) groups is 1. The number of thioether (sulfide) groups is 1. The van der Waals surface area contributed by atoms with Crippen molar-refractivity contribution in [1.82, 2.24) is 4.90 Å². The molecule has 0 fully saturated rings. The van der Waals surface area contributed by atoms with Crippen molar-refractivity contribution in [1.29, 1.82) is 0 Å². The zero-order valence-corrected chi connectivity index (χ0v) is 15.7. The number of hydrogen-bond donors (Lipinski definition) is 0. The highest BCUT2D eigenvalue weighted by Gasteiger charge is 2.20. The summed E-state index contributed by atoms with van der Waals surface area (Å²) in [6.45, 7) is 1.85. The SMILES string of the molecule is Cc1ccc(S(=O)(=O)O/N=C(\Sc2ccccc2)C(=O)N(C)C)cc1. The molecule has 2 aromatic rings. The minimum atomic E-state index is -4.10. The predicted octanol–water partition coefficient (Wildman–Crippen LogP) is 2.89. The molecule has 0 aliphatic carbocycles. The van der Waals surface area contributed by atoms with E-state index in [1.165, 1.54) is 17.0 Å². The Morgan fingerprint density at radius 2 is 1.64 bits per heavy atom. The van der Waals surface area contributed by atoms with E-state index in [0.29, 0.717) is 0 Å². The Bertz CT molecular complexity index is 861. The quantitative estimate of drug-likeness (QED) is 0.354. The molecular formula is C17H18N2O4S2. The van der Waals surface area contributed by atoms with Gasteiger partial charge < -0.3 is 4.90 Å². The van der Waals surface area contributed by atoms with Gasteiger partial charge in [0.1, 0.15) is 4.90 Å². The average molecular weight is 378 g/mol. The smallest absolute Gasteiger partial charge is 0.343 e. The van der Waals surface area contributed by atoms with Gasteiger partial charge in [-0.2, -0.15) is 8.42 Å². The number of aryl methyl sites for hydroxylation is 1. The summed E-state index contributed by atoms with van der Waals surface area (Å²) < 4.78 is 29.2. The van der Waals surface area contributed by atoms with E-state index < -0.39 is 16.0 Å². The van der Waals surface area contributed by atoms with Crippen LogP contribution in [0, 0.1) is 6.92 Å². The summed E-state index contributed by atoms with van der Waals surface area (Å²) in [7, 11) is -0.988. The molecule has 0 heterocycles. The van der Waals surface area contributed by atoms with Gasteiger partial charge >= 0.3 is 10.1 Å². The fourth-order valence-corrected chi connectivity index (χ4v) is 3.36. The lowest BCUT2D eigenvalue weighted by molar-refractivity contribution is -0.121. The maximum atomic E-state index is 12.2. The van der Waals surface area contributed by atoms with Crippen LogP contribution in [0.4, 0.5) is 0 Å². The lowest BCUT2D eigenvalue weighted by Crippen LogP contribution is -2.28. The van der Waals surface area contributed by atoms with Crippen LogP contribution in [-0.2, 0) is 19.2 Å². The van der Waals surface area contributed by atoms with E-state index >= 15 is 0 Å². The molecule has 25 heavy (non-hydrogen) atoms. The third-order valence-electron chi connectivity index (χ3n) is 3.07. The highest BCUT2D eigenvalue weighted by Crippen LogP contribution is 2.21. The van der Waals surface area contributed by atoms with Crippen LogP contribution in [0.25, 0.3) is 0 Å². The summed E-state index contributed by atoms with van der Waals surface area (Å²) in [5.41, 5.74) is 0.922. The van der Waals surface area contributed by atoms with E-state index in [2.05, 4.69) is 5.16 Å². The number of oxime groups is 1. The van der Waals surface area contributed by atoms with Gasteiger partial charge in [-0.15, -0.1) is 0 Å². The molecule has 0 unspecified atom stereocenters. The number of carbonyl (C=O) groups excluding carboxylic acids is 1. The van der Waals surface area contributed by atoms with E-state index in [1.54, 1.807) is 38.4 Å². The third kappa shape index (κ3) is 5.33. The van der Waals surface area contributed by atoms with Crippen LogP contribution in [-0.4, -0.2) is 38.4 Å². The Hall–Kier alpha value is -2.32. The van der Waals surface area contributed by atoms with Crippen LogP contribution in [0.1, 0.15) is 5.56 Å². The maximum Gasteiger partial charge on any atom is 0.358 e.